The summed E-state index contributed by atoms with van der Waals surface area (Å²) in [6, 6.07) is 12.0. The number of thiophene rings is 2. The molecule has 0 aliphatic rings. The molecule has 114 valence electrons. The normalized spacial score (nSPS) is 10.8. The van der Waals surface area contributed by atoms with Gasteiger partial charge in [-0.25, -0.2) is 9.97 Å². The lowest BCUT2D eigenvalue weighted by Crippen LogP contribution is -1.96. The number of hydrogen-bond acceptors (Lipinski definition) is 6. The van der Waals surface area contributed by atoms with Gasteiger partial charge in [0.2, 0.25) is 0 Å². The summed E-state index contributed by atoms with van der Waals surface area (Å²) >= 11 is 3.32. The van der Waals surface area contributed by atoms with E-state index in [1.54, 1.807) is 29.0 Å². The third-order valence-corrected chi connectivity index (χ3v) is 4.94. The Hall–Kier alpha value is -2.44. The standard InChI is InChI=1S/C17H13N3OS2/c1-2-14(23-7-1)8-21-13-5-3-12(4-6-13)20-17-15-9-22-10-16(15)18-11-19-17/h1-7,9-11H,8H2,(H,18,19,20). The molecule has 0 saturated carbocycles. The van der Waals surface area contributed by atoms with E-state index in [1.807, 2.05) is 35.7 Å². The number of hydrogen-bond donors (Lipinski definition) is 1. The van der Waals surface area contributed by atoms with Crippen molar-refractivity contribution in [3.63, 3.8) is 0 Å². The first kappa shape index (κ1) is 14.2. The van der Waals surface area contributed by atoms with E-state index >= 15 is 0 Å². The Morgan fingerprint density at radius 2 is 1.96 bits per heavy atom. The highest BCUT2D eigenvalue weighted by atomic mass is 32.1. The van der Waals surface area contributed by atoms with E-state index in [0.717, 1.165) is 28.2 Å². The average Bonchev–Trinajstić information content (AvgIpc) is 3.26. The van der Waals surface area contributed by atoms with Gasteiger partial charge in [-0.3, -0.25) is 0 Å². The van der Waals surface area contributed by atoms with E-state index in [2.05, 4.69) is 32.1 Å². The Kier molecular flexibility index (Phi) is 3.92. The van der Waals surface area contributed by atoms with Gasteiger partial charge in [0, 0.05) is 21.3 Å². The Morgan fingerprint density at radius 1 is 1.04 bits per heavy atom. The monoisotopic (exact) mass is 339 g/mol. The molecule has 0 amide bonds. The van der Waals surface area contributed by atoms with Gasteiger partial charge in [-0.15, -0.1) is 22.7 Å². The summed E-state index contributed by atoms with van der Waals surface area (Å²) in [6.45, 7) is 0.603. The molecule has 4 aromatic rings. The number of rotatable bonds is 5. The summed E-state index contributed by atoms with van der Waals surface area (Å²) in [6.07, 6.45) is 1.58. The molecule has 0 spiro atoms. The van der Waals surface area contributed by atoms with Gasteiger partial charge in [0.15, 0.2) is 0 Å². The zero-order valence-electron chi connectivity index (χ0n) is 12.1. The van der Waals surface area contributed by atoms with E-state index in [0.29, 0.717) is 6.61 Å². The third-order valence-electron chi connectivity index (χ3n) is 3.36. The summed E-state index contributed by atoms with van der Waals surface area (Å²) in [7, 11) is 0. The van der Waals surface area contributed by atoms with Crippen molar-refractivity contribution in [1.29, 1.82) is 0 Å². The Morgan fingerprint density at radius 3 is 2.78 bits per heavy atom. The maximum Gasteiger partial charge on any atom is 0.142 e. The first-order valence-corrected chi connectivity index (χ1v) is 8.90. The fourth-order valence-electron chi connectivity index (χ4n) is 2.21. The molecule has 0 radical (unpaired) electrons. The van der Waals surface area contributed by atoms with Crippen LogP contribution in [-0.4, -0.2) is 9.97 Å². The highest BCUT2D eigenvalue weighted by Gasteiger charge is 2.05. The van der Waals surface area contributed by atoms with Crippen LogP contribution in [0.4, 0.5) is 11.5 Å². The van der Waals surface area contributed by atoms with Crippen LogP contribution in [0.25, 0.3) is 10.9 Å². The van der Waals surface area contributed by atoms with Crippen LogP contribution < -0.4 is 10.1 Å². The van der Waals surface area contributed by atoms with Gasteiger partial charge >= 0.3 is 0 Å². The molecule has 0 unspecified atom stereocenters. The number of aromatic nitrogens is 2. The number of nitrogens with zero attached hydrogens (tertiary/aromatic N) is 2. The lowest BCUT2D eigenvalue weighted by Gasteiger charge is -2.08. The van der Waals surface area contributed by atoms with Crippen molar-refractivity contribution in [2.24, 2.45) is 0 Å². The van der Waals surface area contributed by atoms with E-state index in [4.69, 9.17) is 4.74 Å². The minimum atomic E-state index is 0.603. The van der Waals surface area contributed by atoms with E-state index in [-0.39, 0.29) is 0 Å². The summed E-state index contributed by atoms with van der Waals surface area (Å²) in [5.41, 5.74) is 1.93. The Balaban J connectivity index is 1.46. The molecular weight excluding hydrogens is 326 g/mol. The van der Waals surface area contributed by atoms with Gasteiger partial charge in [-0.1, -0.05) is 6.07 Å². The number of nitrogens with one attached hydrogen (secondary N) is 1. The molecule has 3 heterocycles. The highest BCUT2D eigenvalue weighted by molar-refractivity contribution is 7.10. The molecule has 4 rings (SSSR count). The van der Waals surface area contributed by atoms with Gasteiger partial charge in [0.05, 0.1) is 10.9 Å². The zero-order valence-corrected chi connectivity index (χ0v) is 13.7. The number of fused-ring (bicyclic) bond motifs is 1. The van der Waals surface area contributed by atoms with Crippen LogP contribution in [0.1, 0.15) is 4.88 Å². The van der Waals surface area contributed by atoms with Crippen LogP contribution in [0.15, 0.2) is 58.9 Å². The molecule has 0 bridgehead atoms. The van der Waals surface area contributed by atoms with Gasteiger partial charge in [0.25, 0.3) is 0 Å². The van der Waals surface area contributed by atoms with E-state index in [1.165, 1.54) is 4.88 Å². The predicted molar refractivity (Wildman–Crippen MR) is 95.8 cm³/mol. The number of anilines is 2. The molecule has 3 aromatic heterocycles. The lowest BCUT2D eigenvalue weighted by atomic mass is 10.3. The lowest BCUT2D eigenvalue weighted by molar-refractivity contribution is 0.310. The SMILES string of the molecule is c1csc(COc2ccc(Nc3ncnc4cscc34)cc2)c1. The van der Waals surface area contributed by atoms with Crippen molar-refractivity contribution in [2.45, 2.75) is 6.61 Å². The van der Waals surface area contributed by atoms with Crippen LogP contribution in [0.5, 0.6) is 5.75 Å². The van der Waals surface area contributed by atoms with Crippen LogP contribution in [0.3, 0.4) is 0 Å². The van der Waals surface area contributed by atoms with E-state index < -0.39 is 0 Å². The molecule has 0 aliphatic heterocycles. The van der Waals surface area contributed by atoms with Crippen LogP contribution >= 0.6 is 22.7 Å². The van der Waals surface area contributed by atoms with Crippen LogP contribution in [0.2, 0.25) is 0 Å². The van der Waals surface area contributed by atoms with Gasteiger partial charge in [-0.2, -0.15) is 0 Å². The molecule has 1 N–H and O–H groups in total. The Bertz CT molecular complexity index is 901. The van der Waals surface area contributed by atoms with Gasteiger partial charge in [-0.05, 0) is 35.7 Å². The fraction of sp³-hybridized carbons (Fsp3) is 0.0588. The fourth-order valence-corrected chi connectivity index (χ4v) is 3.58. The van der Waals surface area contributed by atoms with Gasteiger partial charge in [0.1, 0.15) is 24.5 Å². The van der Waals surface area contributed by atoms with Gasteiger partial charge < -0.3 is 10.1 Å². The molecule has 4 nitrogen and oxygen atoms in total. The molecule has 0 atom stereocenters. The molecule has 23 heavy (non-hydrogen) atoms. The van der Waals surface area contributed by atoms with Crippen LogP contribution in [-0.2, 0) is 6.61 Å². The van der Waals surface area contributed by atoms with Crippen molar-refractivity contribution < 1.29 is 4.74 Å². The second-order valence-corrected chi connectivity index (χ2v) is 6.69. The van der Waals surface area contributed by atoms with Crippen molar-refractivity contribution in [1.82, 2.24) is 9.97 Å². The molecule has 1 aromatic carbocycles. The second-order valence-electron chi connectivity index (χ2n) is 4.91. The topological polar surface area (TPSA) is 47.0 Å². The minimum Gasteiger partial charge on any atom is -0.488 e. The van der Waals surface area contributed by atoms with Crippen molar-refractivity contribution >= 4 is 45.1 Å². The van der Waals surface area contributed by atoms with Crippen molar-refractivity contribution in [3.05, 3.63) is 63.7 Å². The smallest absolute Gasteiger partial charge is 0.142 e. The van der Waals surface area contributed by atoms with Crippen molar-refractivity contribution in [2.75, 3.05) is 5.32 Å². The first-order valence-electron chi connectivity index (χ1n) is 7.08. The highest BCUT2D eigenvalue weighted by Crippen LogP contribution is 2.26. The number of benzene rings is 1. The predicted octanol–water partition coefficient (Wildman–Crippen LogP) is 5.08. The largest absolute Gasteiger partial charge is 0.488 e. The first-order chi connectivity index (χ1) is 11.4. The summed E-state index contributed by atoms with van der Waals surface area (Å²) in [5.74, 6) is 1.68. The molecule has 0 fully saturated rings. The van der Waals surface area contributed by atoms with Crippen molar-refractivity contribution in [3.8, 4) is 5.75 Å². The maximum atomic E-state index is 5.77. The maximum absolute atomic E-state index is 5.77. The average molecular weight is 339 g/mol. The minimum absolute atomic E-state index is 0.603. The summed E-state index contributed by atoms with van der Waals surface area (Å²) in [4.78, 5) is 9.78. The molecular formula is C17H13N3OS2. The second kappa shape index (κ2) is 6.36. The molecule has 6 heteroatoms. The third kappa shape index (κ3) is 3.18. The Labute approximate surface area is 141 Å². The molecule has 0 saturated heterocycles. The number of ether oxygens (including phenoxy) is 1. The quantitative estimate of drug-likeness (QED) is 0.551. The zero-order chi connectivity index (χ0) is 15.5. The summed E-state index contributed by atoms with van der Waals surface area (Å²) < 4.78 is 5.77. The van der Waals surface area contributed by atoms with E-state index in [9.17, 15) is 0 Å². The van der Waals surface area contributed by atoms with Crippen LogP contribution in [0, 0.1) is 0 Å². The summed E-state index contributed by atoms with van der Waals surface area (Å²) in [5, 5.41) is 10.5. The molecule has 0 aliphatic carbocycles.